The van der Waals surface area contributed by atoms with Crippen molar-refractivity contribution in [2.24, 2.45) is 14.1 Å². The highest BCUT2D eigenvalue weighted by molar-refractivity contribution is 6.03. The summed E-state index contributed by atoms with van der Waals surface area (Å²) >= 11 is 0. The molecule has 2 heterocycles. The molecule has 2 aromatic heterocycles. The molecule has 4 nitrogen and oxygen atoms in total. The zero-order valence-electron chi connectivity index (χ0n) is 36.6. The molecule has 0 spiro atoms. The number of rotatable bonds is 12. The summed E-state index contributed by atoms with van der Waals surface area (Å²) in [5.41, 5.74) is 12.7. The second-order valence-corrected chi connectivity index (χ2v) is 18.9. The maximum Gasteiger partial charge on any atom is 0.197 e. The molecule has 0 radical (unpaired) electrons. The molecule has 0 amide bonds. The first kappa shape index (κ1) is 39.8. The van der Waals surface area contributed by atoms with Crippen LogP contribution in [0.15, 0.2) is 101 Å². The van der Waals surface area contributed by atoms with Gasteiger partial charge < -0.3 is 9.13 Å². The molecule has 1 unspecified atom stereocenters. The molecule has 8 rings (SSSR count). The van der Waals surface area contributed by atoms with Crippen molar-refractivity contribution in [1.29, 1.82) is 0 Å². The van der Waals surface area contributed by atoms with Crippen LogP contribution >= 0.6 is 0 Å². The van der Waals surface area contributed by atoms with Crippen LogP contribution in [-0.2, 0) is 30.3 Å². The van der Waals surface area contributed by atoms with Crippen LogP contribution in [0.3, 0.4) is 0 Å². The van der Waals surface area contributed by atoms with Crippen molar-refractivity contribution in [3.8, 4) is 11.1 Å². The van der Waals surface area contributed by atoms with Crippen molar-refractivity contribution in [1.82, 2.24) is 9.13 Å². The number of unbranched alkanes of at least 4 members (excludes halogenated alkanes) is 4. The Bertz CT molecular complexity index is 2800. The minimum Gasteiger partial charge on any atom is -0.343 e. The van der Waals surface area contributed by atoms with Crippen LogP contribution in [-0.4, -0.2) is 9.13 Å². The molecule has 300 valence electrons. The SMILES string of the molecule is CCCCCCCC(c1ccc2c(c1)c(=O)c1cc3c(cc1n2C)c(=O)c1ccccc1n3C)C1(C)c2ccc(C(C)(C)CC)cc2-c2cc(C(C)(C)CC)ccc21. The topological polar surface area (TPSA) is 44.0 Å². The van der Waals surface area contributed by atoms with Crippen LogP contribution in [0.25, 0.3) is 54.7 Å². The smallest absolute Gasteiger partial charge is 0.197 e. The lowest BCUT2D eigenvalue weighted by atomic mass is 9.65. The van der Waals surface area contributed by atoms with E-state index in [4.69, 9.17) is 0 Å². The maximum absolute atomic E-state index is 14.9. The molecule has 58 heavy (non-hydrogen) atoms. The van der Waals surface area contributed by atoms with Gasteiger partial charge in [-0.1, -0.05) is 142 Å². The van der Waals surface area contributed by atoms with E-state index in [1.807, 2.05) is 50.5 Å². The molecule has 0 saturated carbocycles. The first-order chi connectivity index (χ1) is 27.7. The zero-order chi connectivity index (χ0) is 41.3. The first-order valence-corrected chi connectivity index (χ1v) is 22.0. The predicted octanol–water partition coefficient (Wildman–Crippen LogP) is 13.5. The Hall–Kier alpha value is -4.96. The van der Waals surface area contributed by atoms with Crippen molar-refractivity contribution >= 4 is 43.6 Å². The molecular weight excluding hydrogens is 709 g/mol. The van der Waals surface area contributed by atoms with Gasteiger partial charge in [0.1, 0.15) is 0 Å². The number of pyridine rings is 2. The zero-order valence-corrected chi connectivity index (χ0v) is 36.6. The minimum absolute atomic E-state index is 0.00333. The van der Waals surface area contributed by atoms with E-state index < -0.39 is 0 Å². The monoisotopic (exact) mass is 770 g/mol. The molecule has 0 saturated heterocycles. The molecule has 5 aromatic carbocycles. The van der Waals surface area contributed by atoms with Gasteiger partial charge in [0, 0.05) is 41.1 Å². The summed E-state index contributed by atoms with van der Waals surface area (Å²) in [7, 11) is 4.02. The van der Waals surface area contributed by atoms with Crippen LogP contribution in [0.5, 0.6) is 0 Å². The molecule has 4 heteroatoms. The molecule has 1 atom stereocenters. The van der Waals surface area contributed by atoms with Gasteiger partial charge in [0.2, 0.25) is 0 Å². The van der Waals surface area contributed by atoms with Crippen LogP contribution in [0.1, 0.15) is 140 Å². The molecule has 1 aliphatic rings. The van der Waals surface area contributed by atoms with Crippen LogP contribution in [0.4, 0.5) is 0 Å². The standard InChI is InChI=1S/C54H62N2O2/c1-11-14-15-16-17-21-43(54(8)44-26-24-35(52(4,5)12-2)30-38(44)39-31-36(25-27-45(39)54)53(6,7)13-3)34-23-28-47-40(29-34)51(58)42-33-48-41(32-49(42)56(47)10)50(57)37-20-18-19-22-46(37)55(48)9/h18-20,22-33,43H,11-17,21H2,1-10H3. The fourth-order valence-electron chi connectivity index (χ4n) is 10.2. The number of para-hydroxylation sites is 1. The van der Waals surface area contributed by atoms with Crippen LogP contribution in [0, 0.1) is 0 Å². The van der Waals surface area contributed by atoms with Gasteiger partial charge in [-0.05, 0) is 111 Å². The van der Waals surface area contributed by atoms with E-state index in [-0.39, 0.29) is 33.0 Å². The van der Waals surface area contributed by atoms with Gasteiger partial charge >= 0.3 is 0 Å². The maximum atomic E-state index is 14.9. The third-order valence-electron chi connectivity index (χ3n) is 14.9. The molecule has 7 aromatic rings. The van der Waals surface area contributed by atoms with Crippen LogP contribution in [0.2, 0.25) is 0 Å². The second-order valence-electron chi connectivity index (χ2n) is 18.9. The van der Waals surface area contributed by atoms with Gasteiger partial charge in [-0.3, -0.25) is 9.59 Å². The summed E-state index contributed by atoms with van der Waals surface area (Å²) in [6, 6.07) is 33.0. The second kappa shape index (κ2) is 14.7. The summed E-state index contributed by atoms with van der Waals surface area (Å²) in [6.07, 6.45) is 9.23. The van der Waals surface area contributed by atoms with Crippen molar-refractivity contribution in [2.45, 2.75) is 129 Å². The van der Waals surface area contributed by atoms with E-state index >= 15 is 0 Å². The highest BCUT2D eigenvalue weighted by Gasteiger charge is 2.46. The fourth-order valence-corrected chi connectivity index (χ4v) is 10.2. The summed E-state index contributed by atoms with van der Waals surface area (Å²) in [5.74, 6) is 0.151. The van der Waals surface area contributed by atoms with Gasteiger partial charge in [0.15, 0.2) is 10.9 Å². The molecular formula is C54H62N2O2. The fraction of sp³-hybridized carbons (Fsp3) is 0.407. The molecule has 0 aliphatic heterocycles. The van der Waals surface area contributed by atoms with Gasteiger partial charge in [0.25, 0.3) is 0 Å². The summed E-state index contributed by atoms with van der Waals surface area (Å²) < 4.78 is 4.16. The Kier molecular flexibility index (Phi) is 10.1. The quantitative estimate of drug-likeness (QED) is 0.0917. The normalized spacial score (nSPS) is 14.4. The van der Waals surface area contributed by atoms with Crippen molar-refractivity contribution in [3.63, 3.8) is 0 Å². The summed E-state index contributed by atoms with van der Waals surface area (Å²) in [4.78, 5) is 28.7. The Labute approximate surface area is 344 Å². The van der Waals surface area contributed by atoms with E-state index in [1.54, 1.807) is 0 Å². The average Bonchev–Trinajstić information content (AvgIpc) is 3.49. The van der Waals surface area contributed by atoms with E-state index in [0.717, 1.165) is 53.1 Å². The van der Waals surface area contributed by atoms with Crippen molar-refractivity contribution in [3.05, 3.63) is 139 Å². The Morgan fingerprint density at radius 3 is 1.60 bits per heavy atom. The van der Waals surface area contributed by atoms with Gasteiger partial charge in [0.05, 0.1) is 22.1 Å². The highest BCUT2D eigenvalue weighted by atomic mass is 16.1. The summed E-state index contributed by atoms with van der Waals surface area (Å²) in [6.45, 7) is 18.8. The van der Waals surface area contributed by atoms with E-state index in [2.05, 4.69) is 119 Å². The molecule has 0 bridgehead atoms. The largest absolute Gasteiger partial charge is 0.343 e. The number of hydrogen-bond donors (Lipinski definition) is 0. The average molecular weight is 771 g/mol. The number of hydrogen-bond acceptors (Lipinski definition) is 2. The van der Waals surface area contributed by atoms with Gasteiger partial charge in [-0.2, -0.15) is 0 Å². The Morgan fingerprint density at radius 2 is 1.05 bits per heavy atom. The lowest BCUT2D eigenvalue weighted by molar-refractivity contribution is 0.410. The number of aryl methyl sites for hydroxylation is 2. The van der Waals surface area contributed by atoms with Crippen molar-refractivity contribution in [2.75, 3.05) is 0 Å². The molecule has 0 fully saturated rings. The molecule has 0 N–H and O–H groups in total. The first-order valence-electron chi connectivity index (χ1n) is 22.0. The number of benzene rings is 5. The summed E-state index contributed by atoms with van der Waals surface area (Å²) in [5, 5.41) is 2.69. The predicted molar refractivity (Wildman–Crippen MR) is 248 cm³/mol. The molecule has 1 aliphatic carbocycles. The van der Waals surface area contributed by atoms with E-state index in [9.17, 15) is 9.59 Å². The van der Waals surface area contributed by atoms with E-state index in [1.165, 1.54) is 64.6 Å². The number of aromatic nitrogens is 2. The number of fused-ring (bicyclic) bond motifs is 7. The minimum atomic E-state index is -0.301. The Balaban J connectivity index is 1.36. The van der Waals surface area contributed by atoms with Gasteiger partial charge in [-0.15, -0.1) is 0 Å². The third-order valence-corrected chi connectivity index (χ3v) is 14.9. The van der Waals surface area contributed by atoms with Crippen LogP contribution < -0.4 is 10.9 Å². The van der Waals surface area contributed by atoms with Gasteiger partial charge in [-0.25, -0.2) is 0 Å². The lowest BCUT2D eigenvalue weighted by Gasteiger charge is -2.38. The Morgan fingerprint density at radius 1 is 0.552 bits per heavy atom. The number of nitrogens with zero attached hydrogens (tertiary/aromatic N) is 2. The highest BCUT2D eigenvalue weighted by Crippen LogP contribution is 2.58. The third kappa shape index (κ3) is 6.16. The van der Waals surface area contributed by atoms with Crippen molar-refractivity contribution < 1.29 is 0 Å². The van der Waals surface area contributed by atoms with E-state index in [0.29, 0.717) is 16.2 Å². The lowest BCUT2D eigenvalue weighted by Crippen LogP contribution is -2.30.